The van der Waals surface area contributed by atoms with Gasteiger partial charge < -0.3 is 9.47 Å². The molecule has 0 atom stereocenters. The molecule has 0 aliphatic carbocycles. The van der Waals surface area contributed by atoms with Crippen molar-refractivity contribution < 1.29 is 14.3 Å². The quantitative estimate of drug-likeness (QED) is 0.805. The Morgan fingerprint density at radius 3 is 2.76 bits per heavy atom. The molecule has 0 amide bonds. The molecule has 0 saturated carbocycles. The van der Waals surface area contributed by atoms with Crippen molar-refractivity contribution in [3.05, 3.63) is 53.3 Å². The summed E-state index contributed by atoms with van der Waals surface area (Å²) in [5.41, 5.74) is 1.69. The van der Waals surface area contributed by atoms with E-state index >= 15 is 0 Å². The summed E-state index contributed by atoms with van der Waals surface area (Å²) < 4.78 is 10.9. The Morgan fingerprint density at radius 1 is 1.14 bits per heavy atom. The summed E-state index contributed by atoms with van der Waals surface area (Å²) in [4.78, 5) is 16.5. The van der Waals surface area contributed by atoms with E-state index in [-0.39, 0.29) is 12.2 Å². The maximum atomic E-state index is 12.5. The fraction of sp³-hybridized carbons (Fsp3) is 0.188. The van der Waals surface area contributed by atoms with E-state index < -0.39 is 0 Å². The summed E-state index contributed by atoms with van der Waals surface area (Å²) in [5.74, 6) is 1.07. The predicted molar refractivity (Wildman–Crippen MR) is 74.4 cm³/mol. The number of hydrogen-bond donors (Lipinski definition) is 0. The van der Waals surface area contributed by atoms with Crippen molar-refractivity contribution in [2.45, 2.75) is 6.42 Å². The Balaban J connectivity index is 1.91. The zero-order chi connectivity index (χ0) is 14.7. The highest BCUT2D eigenvalue weighted by Crippen LogP contribution is 2.31. The first-order valence-corrected chi connectivity index (χ1v) is 6.53. The average molecular weight is 280 g/mol. The lowest BCUT2D eigenvalue weighted by Crippen LogP contribution is -2.16. The third-order valence-corrected chi connectivity index (χ3v) is 3.14. The van der Waals surface area contributed by atoms with Crippen LogP contribution < -0.4 is 9.47 Å². The minimum atomic E-state index is -0.153. The van der Waals surface area contributed by atoms with Crippen LogP contribution >= 0.6 is 0 Å². The lowest BCUT2D eigenvalue weighted by atomic mass is 10.0. The maximum absolute atomic E-state index is 12.5. The van der Waals surface area contributed by atoms with E-state index in [0.29, 0.717) is 35.8 Å². The van der Waals surface area contributed by atoms with Gasteiger partial charge in [-0.15, -0.1) is 0 Å². The van der Waals surface area contributed by atoms with E-state index in [0.717, 1.165) is 5.56 Å². The van der Waals surface area contributed by atoms with Gasteiger partial charge in [-0.2, -0.15) is 5.26 Å². The molecule has 0 bridgehead atoms. The molecule has 0 unspecified atom stereocenters. The largest absolute Gasteiger partial charge is 0.486 e. The van der Waals surface area contributed by atoms with Gasteiger partial charge in [0.15, 0.2) is 17.3 Å². The number of ether oxygens (including phenoxy) is 2. The summed E-state index contributed by atoms with van der Waals surface area (Å²) in [6.45, 7) is 0.990. The lowest BCUT2D eigenvalue weighted by molar-refractivity contribution is 0.103. The summed E-state index contributed by atoms with van der Waals surface area (Å²) in [6.07, 6.45) is 3.32. The van der Waals surface area contributed by atoms with Crippen LogP contribution in [0, 0.1) is 11.3 Å². The van der Waals surface area contributed by atoms with E-state index in [1.807, 2.05) is 6.07 Å². The Morgan fingerprint density at radius 2 is 1.95 bits per heavy atom. The number of aromatic nitrogens is 1. The zero-order valence-electron chi connectivity index (χ0n) is 11.2. The van der Waals surface area contributed by atoms with Gasteiger partial charge in [0.2, 0.25) is 0 Å². The van der Waals surface area contributed by atoms with Crippen molar-refractivity contribution in [3.8, 4) is 17.6 Å². The number of nitriles is 1. The van der Waals surface area contributed by atoms with Crippen LogP contribution in [-0.4, -0.2) is 24.0 Å². The second-order valence-corrected chi connectivity index (χ2v) is 4.60. The number of pyridine rings is 1. The minimum absolute atomic E-state index is 0.153. The van der Waals surface area contributed by atoms with Gasteiger partial charge >= 0.3 is 0 Å². The average Bonchev–Trinajstić information content (AvgIpc) is 2.54. The van der Waals surface area contributed by atoms with Gasteiger partial charge in [0.05, 0.1) is 12.5 Å². The van der Waals surface area contributed by atoms with Crippen LogP contribution in [0.5, 0.6) is 11.5 Å². The van der Waals surface area contributed by atoms with E-state index in [1.54, 1.807) is 30.5 Å². The maximum Gasteiger partial charge on any atom is 0.194 e. The molecule has 5 heteroatoms. The van der Waals surface area contributed by atoms with Crippen LogP contribution in [0.4, 0.5) is 0 Å². The standard InChI is InChI=1S/C16H12N2O3/c17-4-3-11-7-13(10-18-9-11)16(19)12-1-2-14-15(8-12)21-6-5-20-14/h1-2,7-10H,3,5-6H2. The van der Waals surface area contributed by atoms with Crippen LogP contribution in [0.25, 0.3) is 0 Å². The van der Waals surface area contributed by atoms with Gasteiger partial charge in [0.25, 0.3) is 0 Å². The first-order chi connectivity index (χ1) is 10.3. The van der Waals surface area contributed by atoms with E-state index in [1.165, 1.54) is 6.20 Å². The highest BCUT2D eigenvalue weighted by molar-refractivity contribution is 6.09. The molecule has 1 aromatic heterocycles. The van der Waals surface area contributed by atoms with Gasteiger partial charge in [0, 0.05) is 23.5 Å². The number of carbonyl (C=O) groups is 1. The van der Waals surface area contributed by atoms with Crippen molar-refractivity contribution >= 4 is 5.78 Å². The molecule has 5 nitrogen and oxygen atoms in total. The first kappa shape index (κ1) is 13.1. The summed E-state index contributed by atoms with van der Waals surface area (Å²) in [5, 5.41) is 8.71. The highest BCUT2D eigenvalue weighted by Gasteiger charge is 2.16. The van der Waals surface area contributed by atoms with Gasteiger partial charge in [-0.1, -0.05) is 0 Å². The second kappa shape index (κ2) is 5.63. The molecule has 2 heterocycles. The lowest BCUT2D eigenvalue weighted by Gasteiger charge is -2.18. The monoisotopic (exact) mass is 280 g/mol. The first-order valence-electron chi connectivity index (χ1n) is 6.53. The van der Waals surface area contributed by atoms with Crippen LogP contribution in [0.15, 0.2) is 36.7 Å². The van der Waals surface area contributed by atoms with Crippen molar-refractivity contribution in [2.24, 2.45) is 0 Å². The SMILES string of the molecule is N#CCc1cncc(C(=O)c2ccc3c(c2)OCCO3)c1. The molecule has 1 aliphatic heterocycles. The number of benzene rings is 1. The summed E-state index contributed by atoms with van der Waals surface area (Å²) in [6, 6.07) is 8.84. The fourth-order valence-corrected chi connectivity index (χ4v) is 2.15. The van der Waals surface area contributed by atoms with Crippen LogP contribution in [0.3, 0.4) is 0 Å². The second-order valence-electron chi connectivity index (χ2n) is 4.60. The van der Waals surface area contributed by atoms with Gasteiger partial charge in [0.1, 0.15) is 13.2 Å². The zero-order valence-corrected chi connectivity index (χ0v) is 11.2. The molecule has 21 heavy (non-hydrogen) atoms. The molecule has 2 aromatic rings. The third-order valence-electron chi connectivity index (χ3n) is 3.14. The Hall–Kier alpha value is -2.87. The van der Waals surface area contributed by atoms with E-state index in [2.05, 4.69) is 4.98 Å². The smallest absolute Gasteiger partial charge is 0.194 e. The Bertz CT molecular complexity index is 735. The number of rotatable bonds is 3. The predicted octanol–water partition coefficient (Wildman–Crippen LogP) is 2.15. The van der Waals surface area contributed by atoms with E-state index in [4.69, 9.17) is 14.7 Å². The molecule has 0 saturated heterocycles. The van der Waals surface area contributed by atoms with Gasteiger partial charge in [-0.25, -0.2) is 0 Å². The van der Waals surface area contributed by atoms with Crippen LogP contribution in [-0.2, 0) is 6.42 Å². The molecule has 3 rings (SSSR count). The summed E-state index contributed by atoms with van der Waals surface area (Å²) in [7, 11) is 0. The van der Waals surface area contributed by atoms with Crippen molar-refractivity contribution in [1.82, 2.24) is 4.98 Å². The highest BCUT2D eigenvalue weighted by atomic mass is 16.6. The molecule has 0 radical (unpaired) electrons. The van der Waals surface area contributed by atoms with Crippen molar-refractivity contribution in [1.29, 1.82) is 5.26 Å². The molecular weight excluding hydrogens is 268 g/mol. The molecule has 0 spiro atoms. The van der Waals surface area contributed by atoms with E-state index in [9.17, 15) is 4.79 Å². The van der Waals surface area contributed by atoms with Crippen LogP contribution in [0.2, 0.25) is 0 Å². The molecular formula is C16H12N2O3. The van der Waals surface area contributed by atoms with Crippen molar-refractivity contribution in [3.63, 3.8) is 0 Å². The molecule has 0 fully saturated rings. The van der Waals surface area contributed by atoms with Crippen LogP contribution in [0.1, 0.15) is 21.5 Å². The number of nitrogens with zero attached hydrogens (tertiary/aromatic N) is 2. The number of fused-ring (bicyclic) bond motifs is 1. The Kier molecular flexibility index (Phi) is 3.52. The van der Waals surface area contributed by atoms with Gasteiger partial charge in [-0.05, 0) is 29.8 Å². The Labute approximate surface area is 121 Å². The minimum Gasteiger partial charge on any atom is -0.486 e. The van der Waals surface area contributed by atoms with Crippen molar-refractivity contribution in [2.75, 3.05) is 13.2 Å². The number of carbonyl (C=O) groups excluding carboxylic acids is 1. The molecule has 1 aromatic carbocycles. The summed E-state index contributed by atoms with van der Waals surface area (Å²) >= 11 is 0. The fourth-order valence-electron chi connectivity index (χ4n) is 2.15. The molecule has 104 valence electrons. The normalized spacial score (nSPS) is 12.5. The topological polar surface area (TPSA) is 72.2 Å². The number of hydrogen-bond acceptors (Lipinski definition) is 5. The molecule has 1 aliphatic rings. The third kappa shape index (κ3) is 2.70. The van der Waals surface area contributed by atoms with Gasteiger partial charge in [-0.3, -0.25) is 9.78 Å². The molecule has 0 N–H and O–H groups in total. The number of ketones is 1.